The number of carbonyl (C=O) groups is 1. The van der Waals surface area contributed by atoms with Crippen LogP contribution in [-0.4, -0.2) is 70.9 Å². The SMILES string of the molecule is Cc1ccc2c(c1)CCN(CC(O)CNC(=O)c1cc(NC3COC3)ncn1)C2. The van der Waals surface area contributed by atoms with Crippen molar-refractivity contribution in [1.29, 1.82) is 0 Å². The second-order valence-corrected chi connectivity index (χ2v) is 7.79. The summed E-state index contributed by atoms with van der Waals surface area (Å²) >= 11 is 0. The van der Waals surface area contributed by atoms with E-state index in [0.29, 0.717) is 25.6 Å². The average molecular weight is 397 g/mol. The second-order valence-electron chi connectivity index (χ2n) is 7.79. The van der Waals surface area contributed by atoms with Gasteiger partial charge in [-0.3, -0.25) is 9.69 Å². The van der Waals surface area contributed by atoms with E-state index in [-0.39, 0.29) is 24.2 Å². The molecule has 2 aliphatic rings. The molecule has 0 radical (unpaired) electrons. The number of nitrogens with one attached hydrogen (secondary N) is 2. The van der Waals surface area contributed by atoms with E-state index in [1.54, 1.807) is 6.07 Å². The van der Waals surface area contributed by atoms with Gasteiger partial charge in [0.2, 0.25) is 0 Å². The molecule has 29 heavy (non-hydrogen) atoms. The van der Waals surface area contributed by atoms with Gasteiger partial charge in [0.25, 0.3) is 5.91 Å². The van der Waals surface area contributed by atoms with E-state index in [1.807, 2.05) is 0 Å². The predicted molar refractivity (Wildman–Crippen MR) is 109 cm³/mol. The molecule has 0 saturated carbocycles. The third-order valence-electron chi connectivity index (χ3n) is 5.31. The summed E-state index contributed by atoms with van der Waals surface area (Å²) in [7, 11) is 0. The van der Waals surface area contributed by atoms with Gasteiger partial charge in [-0.05, 0) is 24.5 Å². The van der Waals surface area contributed by atoms with Gasteiger partial charge in [0.15, 0.2) is 0 Å². The highest BCUT2D eigenvalue weighted by molar-refractivity contribution is 5.92. The lowest BCUT2D eigenvalue weighted by Crippen LogP contribution is -2.42. The van der Waals surface area contributed by atoms with Crippen molar-refractivity contribution < 1.29 is 14.6 Å². The van der Waals surface area contributed by atoms with Crippen LogP contribution in [0.1, 0.15) is 27.2 Å². The zero-order valence-corrected chi connectivity index (χ0v) is 16.6. The van der Waals surface area contributed by atoms with Crippen LogP contribution in [0.2, 0.25) is 0 Å². The van der Waals surface area contributed by atoms with Crippen molar-refractivity contribution in [2.45, 2.75) is 32.0 Å². The maximum Gasteiger partial charge on any atom is 0.270 e. The van der Waals surface area contributed by atoms with Crippen LogP contribution in [0.25, 0.3) is 0 Å². The molecule has 1 amide bonds. The normalized spacial score (nSPS) is 17.9. The highest BCUT2D eigenvalue weighted by atomic mass is 16.5. The molecular weight excluding hydrogens is 370 g/mol. The zero-order valence-electron chi connectivity index (χ0n) is 16.6. The molecule has 1 unspecified atom stereocenters. The number of rotatable bonds is 7. The van der Waals surface area contributed by atoms with Crippen LogP contribution < -0.4 is 10.6 Å². The third-order valence-corrected chi connectivity index (χ3v) is 5.31. The summed E-state index contributed by atoms with van der Waals surface area (Å²) < 4.78 is 5.12. The summed E-state index contributed by atoms with van der Waals surface area (Å²) in [6, 6.07) is 8.38. The van der Waals surface area contributed by atoms with Gasteiger partial charge in [0.1, 0.15) is 17.8 Å². The van der Waals surface area contributed by atoms with Crippen LogP contribution >= 0.6 is 0 Å². The predicted octanol–water partition coefficient (Wildman–Crippen LogP) is 0.745. The first-order valence-electron chi connectivity index (χ1n) is 10.00. The highest BCUT2D eigenvalue weighted by Gasteiger charge is 2.21. The summed E-state index contributed by atoms with van der Waals surface area (Å²) in [6.07, 6.45) is 1.70. The minimum absolute atomic E-state index is 0.180. The number of aryl methyl sites for hydroxylation is 1. The Kier molecular flexibility index (Phi) is 6.03. The van der Waals surface area contributed by atoms with Gasteiger partial charge in [-0.1, -0.05) is 23.8 Å². The molecule has 0 bridgehead atoms. The molecule has 0 spiro atoms. The standard InChI is InChI=1S/C21H27N5O3/c1-14-2-3-16-9-26(5-4-15(16)6-14)10-18(27)8-22-21(28)19-7-20(24-13-23-19)25-17-11-29-12-17/h2-3,6-7,13,17-18,27H,4-5,8-12H2,1H3,(H,22,28)(H,23,24,25). The molecule has 8 heteroatoms. The lowest BCUT2D eigenvalue weighted by atomic mass is 9.97. The molecular formula is C21H27N5O3. The van der Waals surface area contributed by atoms with Crippen molar-refractivity contribution in [3.8, 4) is 0 Å². The van der Waals surface area contributed by atoms with Crippen molar-refractivity contribution >= 4 is 11.7 Å². The first-order chi connectivity index (χ1) is 14.1. The number of aliphatic hydroxyl groups excluding tert-OH is 1. The topological polar surface area (TPSA) is 99.6 Å². The third kappa shape index (κ3) is 5.09. The quantitative estimate of drug-likeness (QED) is 0.634. The van der Waals surface area contributed by atoms with E-state index in [2.05, 4.69) is 50.6 Å². The number of nitrogens with zero attached hydrogens (tertiary/aromatic N) is 3. The van der Waals surface area contributed by atoms with E-state index in [4.69, 9.17) is 4.74 Å². The molecule has 1 fully saturated rings. The molecule has 1 atom stereocenters. The molecule has 154 valence electrons. The Bertz CT molecular complexity index is 871. The number of amides is 1. The number of anilines is 1. The van der Waals surface area contributed by atoms with Gasteiger partial charge in [0, 0.05) is 32.2 Å². The van der Waals surface area contributed by atoms with E-state index >= 15 is 0 Å². The lowest BCUT2D eigenvalue weighted by Gasteiger charge is -2.30. The Morgan fingerprint density at radius 3 is 2.97 bits per heavy atom. The number of hydrogen-bond acceptors (Lipinski definition) is 7. The van der Waals surface area contributed by atoms with Crippen molar-refractivity contribution in [2.24, 2.45) is 0 Å². The van der Waals surface area contributed by atoms with E-state index in [9.17, 15) is 9.90 Å². The summed E-state index contributed by atoms with van der Waals surface area (Å²) in [6.45, 7) is 5.82. The summed E-state index contributed by atoms with van der Waals surface area (Å²) in [4.78, 5) is 22.8. The Morgan fingerprint density at radius 2 is 2.17 bits per heavy atom. The van der Waals surface area contributed by atoms with Crippen molar-refractivity contribution in [3.05, 3.63) is 53.0 Å². The van der Waals surface area contributed by atoms with Gasteiger partial charge < -0.3 is 20.5 Å². The van der Waals surface area contributed by atoms with Crippen LogP contribution in [0, 0.1) is 6.92 Å². The molecule has 1 aromatic heterocycles. The summed E-state index contributed by atoms with van der Waals surface area (Å²) in [5, 5.41) is 16.3. The summed E-state index contributed by atoms with van der Waals surface area (Å²) in [5.41, 5.74) is 4.27. The number of β-amino-alcohol motifs (C(OH)–C–C–N with tert-alkyl or cyclic N) is 1. The second kappa shape index (κ2) is 8.86. The number of aliphatic hydroxyl groups is 1. The monoisotopic (exact) mass is 397 g/mol. The first-order valence-corrected chi connectivity index (χ1v) is 10.00. The van der Waals surface area contributed by atoms with Crippen LogP contribution in [0.3, 0.4) is 0 Å². The van der Waals surface area contributed by atoms with Gasteiger partial charge in [-0.25, -0.2) is 9.97 Å². The van der Waals surface area contributed by atoms with Gasteiger partial charge in [-0.2, -0.15) is 0 Å². The van der Waals surface area contributed by atoms with Crippen molar-refractivity contribution in [1.82, 2.24) is 20.2 Å². The van der Waals surface area contributed by atoms with E-state index < -0.39 is 6.10 Å². The Morgan fingerprint density at radius 1 is 1.31 bits per heavy atom. The number of aromatic nitrogens is 2. The fraction of sp³-hybridized carbons (Fsp3) is 0.476. The number of fused-ring (bicyclic) bond motifs is 1. The molecule has 0 aliphatic carbocycles. The largest absolute Gasteiger partial charge is 0.390 e. The molecule has 8 nitrogen and oxygen atoms in total. The van der Waals surface area contributed by atoms with Crippen LogP contribution in [-0.2, 0) is 17.7 Å². The smallest absolute Gasteiger partial charge is 0.270 e. The Balaban J connectivity index is 1.25. The molecule has 4 rings (SSSR count). The lowest BCUT2D eigenvalue weighted by molar-refractivity contribution is 0.0209. The minimum atomic E-state index is -0.641. The van der Waals surface area contributed by atoms with E-state index in [0.717, 1.165) is 19.5 Å². The fourth-order valence-electron chi connectivity index (χ4n) is 3.65. The fourth-order valence-corrected chi connectivity index (χ4v) is 3.65. The molecule has 2 aliphatic heterocycles. The molecule has 3 heterocycles. The van der Waals surface area contributed by atoms with Crippen molar-refractivity contribution in [2.75, 3.05) is 38.2 Å². The average Bonchev–Trinajstić information content (AvgIpc) is 2.69. The van der Waals surface area contributed by atoms with Gasteiger partial charge >= 0.3 is 0 Å². The maximum atomic E-state index is 12.4. The number of carbonyl (C=O) groups excluding carboxylic acids is 1. The molecule has 1 aromatic carbocycles. The zero-order chi connectivity index (χ0) is 20.2. The summed E-state index contributed by atoms with van der Waals surface area (Å²) in [5.74, 6) is 0.278. The van der Waals surface area contributed by atoms with Crippen LogP contribution in [0.4, 0.5) is 5.82 Å². The minimum Gasteiger partial charge on any atom is -0.390 e. The number of ether oxygens (including phenoxy) is 1. The van der Waals surface area contributed by atoms with E-state index in [1.165, 1.54) is 23.0 Å². The maximum absolute atomic E-state index is 12.4. The van der Waals surface area contributed by atoms with Gasteiger partial charge in [0.05, 0.1) is 25.4 Å². The Hall–Kier alpha value is -2.55. The van der Waals surface area contributed by atoms with Crippen LogP contribution in [0.5, 0.6) is 0 Å². The number of benzene rings is 1. The molecule has 1 saturated heterocycles. The van der Waals surface area contributed by atoms with Crippen LogP contribution in [0.15, 0.2) is 30.6 Å². The Labute approximate surface area is 170 Å². The highest BCUT2D eigenvalue weighted by Crippen LogP contribution is 2.20. The molecule has 3 N–H and O–H groups in total. The van der Waals surface area contributed by atoms with Gasteiger partial charge in [-0.15, -0.1) is 0 Å². The molecule has 2 aromatic rings. The number of hydrogen-bond donors (Lipinski definition) is 3. The van der Waals surface area contributed by atoms with Crippen molar-refractivity contribution in [3.63, 3.8) is 0 Å². The first kappa shape index (κ1) is 19.8.